The molecule has 0 saturated heterocycles. The van der Waals surface area contributed by atoms with Crippen molar-refractivity contribution < 1.29 is 23.7 Å². The maximum Gasteiger partial charge on any atom is 0.216 e. The predicted molar refractivity (Wildman–Crippen MR) is 261 cm³/mol. The van der Waals surface area contributed by atoms with Crippen molar-refractivity contribution in [3.05, 3.63) is 121 Å². The maximum absolute atomic E-state index is 10.7. The summed E-state index contributed by atoms with van der Waals surface area (Å²) in [7, 11) is 0. The largest absolute Gasteiger partial charge is 0.378 e. The van der Waals surface area contributed by atoms with Gasteiger partial charge in [0.1, 0.15) is 17.4 Å². The summed E-state index contributed by atoms with van der Waals surface area (Å²) in [5.41, 5.74) is 11.0. The van der Waals surface area contributed by atoms with Crippen molar-refractivity contribution in [2.75, 3.05) is 65.9 Å². The van der Waals surface area contributed by atoms with E-state index >= 15 is 0 Å². The number of ether oxygens (including phenoxy) is 4. The third kappa shape index (κ3) is 11.7. The first-order chi connectivity index (χ1) is 31.1. The average molecular weight is 925 g/mol. The number of hydrogen-bond donors (Lipinski definition) is 2. The van der Waals surface area contributed by atoms with Crippen molar-refractivity contribution in [3.63, 3.8) is 0 Å². The van der Waals surface area contributed by atoms with Crippen LogP contribution in [0, 0.1) is 27.7 Å². The van der Waals surface area contributed by atoms with Crippen LogP contribution in [0.5, 0.6) is 0 Å². The van der Waals surface area contributed by atoms with E-state index in [0.29, 0.717) is 65.9 Å². The molecule has 15 heteroatoms. The molecule has 1 aliphatic heterocycles. The van der Waals surface area contributed by atoms with E-state index in [0.717, 1.165) is 52.6 Å². The number of carbonyl (C=O) groups is 1. The molecule has 4 aromatic heterocycles. The first-order valence-corrected chi connectivity index (χ1v) is 23.9. The number of carbonyl (C=O) groups excluding carboxylic acids is 1. The Kier molecular flexibility index (Phi) is 16.9. The molecule has 0 bridgehead atoms. The quantitative estimate of drug-likeness (QED) is 0.0725. The van der Waals surface area contributed by atoms with Gasteiger partial charge in [-0.3, -0.25) is 14.4 Å². The van der Waals surface area contributed by atoms with E-state index < -0.39 is 0 Å². The molecular formula is C49H58ClN7O5S2. The summed E-state index contributed by atoms with van der Waals surface area (Å²) >= 11 is 9.61. The van der Waals surface area contributed by atoms with E-state index in [1.165, 1.54) is 66.3 Å². The van der Waals surface area contributed by atoms with Gasteiger partial charge in [-0.1, -0.05) is 41.9 Å². The molecule has 1 amide bonds. The smallest absolute Gasteiger partial charge is 0.216 e. The first kappa shape index (κ1) is 47.2. The zero-order valence-corrected chi connectivity index (χ0v) is 40.0. The summed E-state index contributed by atoms with van der Waals surface area (Å²) in [6, 6.07) is 23.8. The number of rotatable bonds is 20. The molecule has 8 rings (SSSR count). The summed E-state index contributed by atoms with van der Waals surface area (Å²) in [5.74, 6) is 1.73. The maximum atomic E-state index is 10.7. The topological polar surface area (TPSA) is 126 Å². The zero-order valence-electron chi connectivity index (χ0n) is 37.6. The van der Waals surface area contributed by atoms with E-state index in [1.54, 1.807) is 22.7 Å². The molecule has 0 atom stereocenters. The summed E-state index contributed by atoms with van der Waals surface area (Å²) in [5, 5.41) is 21.4. The Morgan fingerprint density at radius 3 is 2.14 bits per heavy atom. The van der Waals surface area contributed by atoms with Crippen molar-refractivity contribution in [2.45, 2.75) is 61.2 Å². The van der Waals surface area contributed by atoms with E-state index in [1.807, 2.05) is 31.2 Å². The normalized spacial score (nSPS) is 12.2. The lowest BCUT2D eigenvalue weighted by Gasteiger charge is -2.09. The van der Waals surface area contributed by atoms with Crippen LogP contribution in [0.1, 0.15) is 58.2 Å². The van der Waals surface area contributed by atoms with Crippen molar-refractivity contribution in [3.8, 4) is 15.4 Å². The fourth-order valence-electron chi connectivity index (χ4n) is 7.66. The second kappa shape index (κ2) is 22.9. The van der Waals surface area contributed by atoms with Crippen LogP contribution in [-0.4, -0.2) is 96.9 Å². The number of benzene rings is 3. The van der Waals surface area contributed by atoms with E-state index in [4.69, 9.17) is 35.5 Å². The third-order valence-corrected chi connectivity index (χ3v) is 13.5. The number of aromatic nitrogens is 4. The molecule has 0 saturated carbocycles. The highest BCUT2D eigenvalue weighted by Gasteiger charge is 2.26. The molecule has 64 heavy (non-hydrogen) atoms. The molecule has 5 heterocycles. The molecule has 0 radical (unpaired) electrons. The minimum absolute atomic E-state index is 0.0496. The van der Waals surface area contributed by atoms with Gasteiger partial charge in [0.15, 0.2) is 5.82 Å². The average Bonchev–Trinajstić information content (AvgIpc) is 4.02. The molecule has 12 nitrogen and oxygen atoms in total. The highest BCUT2D eigenvalue weighted by molar-refractivity contribution is 7.15. The molecule has 1 aliphatic rings. The van der Waals surface area contributed by atoms with Crippen molar-refractivity contribution >= 4 is 67.7 Å². The van der Waals surface area contributed by atoms with Crippen molar-refractivity contribution in [2.24, 2.45) is 4.99 Å². The Hall–Kier alpha value is -4.77. The van der Waals surface area contributed by atoms with E-state index in [-0.39, 0.29) is 5.91 Å². The van der Waals surface area contributed by atoms with Crippen LogP contribution in [-0.2, 0) is 43.4 Å². The summed E-state index contributed by atoms with van der Waals surface area (Å²) in [6.07, 6.45) is 0. The Bertz CT molecular complexity index is 2680. The monoisotopic (exact) mass is 923 g/mol. The van der Waals surface area contributed by atoms with Crippen LogP contribution in [0.25, 0.3) is 37.2 Å². The highest BCUT2D eigenvalue weighted by Crippen LogP contribution is 2.37. The molecule has 0 fully saturated rings. The molecular weight excluding hydrogens is 866 g/mol. The Labute approximate surface area is 388 Å². The number of thiophene rings is 2. The molecule has 2 N–H and O–H groups in total. The highest BCUT2D eigenvalue weighted by atomic mass is 35.5. The van der Waals surface area contributed by atoms with Gasteiger partial charge in [0.05, 0.1) is 58.6 Å². The van der Waals surface area contributed by atoms with Gasteiger partial charge in [-0.05, 0) is 98.7 Å². The fourth-order valence-corrected chi connectivity index (χ4v) is 9.91. The van der Waals surface area contributed by atoms with Crippen LogP contribution in [0.4, 0.5) is 0 Å². The number of hydrogen-bond acceptors (Lipinski definition) is 11. The first-order valence-electron chi connectivity index (χ1n) is 21.8. The van der Waals surface area contributed by atoms with Gasteiger partial charge >= 0.3 is 0 Å². The number of amides is 1. The number of nitrogens with zero attached hydrogens (tertiary/aromatic N) is 5. The lowest BCUT2D eigenvalue weighted by Crippen LogP contribution is -2.25. The molecule has 0 aliphatic carbocycles. The number of nitrogens with one attached hydrogen (secondary N) is 2. The lowest BCUT2D eigenvalue weighted by molar-refractivity contribution is -0.119. The van der Waals surface area contributed by atoms with Gasteiger partial charge in [-0.25, -0.2) is 0 Å². The number of halogens is 1. The van der Waals surface area contributed by atoms with Gasteiger partial charge in [0, 0.05) is 80.8 Å². The second-order valence-corrected chi connectivity index (χ2v) is 18.1. The molecule has 0 unspecified atom stereocenters. The van der Waals surface area contributed by atoms with E-state index in [9.17, 15) is 4.79 Å². The molecule has 7 aromatic rings. The van der Waals surface area contributed by atoms with Gasteiger partial charge in [0.25, 0.3) is 0 Å². The van der Waals surface area contributed by atoms with Gasteiger partial charge < -0.3 is 34.1 Å². The standard InChI is InChI=1S/C32H43N3O5S.C17H15ClN4S/c1-4-35-30-8-5-26(20-29(30)28-7-6-27(21-31(28)35)32-19-24(2)23-41-32)22-33-9-11-37-13-15-39-17-18-40-16-14-38-12-10-34-25(3)36;1-9-10(2)23-17-15(9)16(12-4-6-13(18)7-5-12)19-8-14-21-20-11(3)22(14)17/h5-8,19-21,23,33H,4,9-18,22H2,1-3H3,(H,34,36);4-7H,8H2,1-3H3. The van der Waals surface area contributed by atoms with Crippen LogP contribution in [0.2, 0.25) is 5.02 Å². The van der Waals surface area contributed by atoms with E-state index in [2.05, 4.69) is 106 Å². The van der Waals surface area contributed by atoms with Crippen LogP contribution < -0.4 is 10.6 Å². The lowest BCUT2D eigenvalue weighted by atomic mass is 10.00. The third-order valence-electron chi connectivity index (χ3n) is 10.9. The van der Waals surface area contributed by atoms with Crippen LogP contribution >= 0.6 is 34.3 Å². The zero-order chi connectivity index (χ0) is 45.0. The number of fused-ring (bicyclic) bond motifs is 6. The predicted octanol–water partition coefficient (Wildman–Crippen LogP) is 9.40. The summed E-state index contributed by atoms with van der Waals surface area (Å²) in [4.78, 5) is 18.2. The Balaban J connectivity index is 0.000000223. The van der Waals surface area contributed by atoms with Gasteiger partial charge in [-0.15, -0.1) is 32.9 Å². The fraction of sp³-hybridized carbons (Fsp3) is 0.388. The minimum Gasteiger partial charge on any atom is -0.378 e. The summed E-state index contributed by atoms with van der Waals surface area (Å²) < 4.78 is 26.6. The molecule has 3 aromatic carbocycles. The minimum atomic E-state index is -0.0496. The Morgan fingerprint density at radius 1 is 0.781 bits per heavy atom. The van der Waals surface area contributed by atoms with Crippen LogP contribution in [0.3, 0.4) is 0 Å². The summed E-state index contributed by atoms with van der Waals surface area (Å²) in [6.45, 7) is 20.0. The molecule has 0 spiro atoms. The number of aliphatic imine (C=N–C) groups is 1. The Morgan fingerprint density at radius 2 is 1.47 bits per heavy atom. The van der Waals surface area contributed by atoms with Gasteiger partial charge in [-0.2, -0.15) is 0 Å². The number of aryl methyl sites for hydroxylation is 4. The van der Waals surface area contributed by atoms with Gasteiger partial charge in [0.2, 0.25) is 5.91 Å². The van der Waals surface area contributed by atoms with Crippen molar-refractivity contribution in [1.82, 2.24) is 30.0 Å². The van der Waals surface area contributed by atoms with Crippen LogP contribution in [0.15, 0.2) is 77.1 Å². The SMILES string of the molecule is CCn1c2ccc(CNCCOCCOCCOCCOCCNC(C)=O)cc2c2ccc(-c3cc(C)cs3)cc21.Cc1sc2c(c1C)C(c1ccc(Cl)cc1)=NCc1nnc(C)n1-2. The molecule has 338 valence electrons. The van der Waals surface area contributed by atoms with Crippen molar-refractivity contribution in [1.29, 1.82) is 0 Å². The second-order valence-electron chi connectivity index (χ2n) is 15.6.